The molecule has 0 radical (unpaired) electrons. The van der Waals surface area contributed by atoms with Crippen molar-refractivity contribution in [2.75, 3.05) is 18.5 Å². The lowest BCUT2D eigenvalue weighted by Crippen LogP contribution is -2.21. The largest absolute Gasteiger partial charge is 0.462 e. The standard InChI is InChI=1S/C18H17N3O9S/c1-2-29-17(23)11-6-12(8-14(7-11)21(25)26)18(24)30-10-16(22)20-13-4-3-5-15(9-13)31(19,27)28/h3-9H,2,10H2,1H3,(H,20,22)(H2,19,27,28). The van der Waals surface area contributed by atoms with Crippen LogP contribution < -0.4 is 10.5 Å². The van der Waals surface area contributed by atoms with Gasteiger partial charge in [0.05, 0.1) is 27.6 Å². The fourth-order valence-electron chi connectivity index (χ4n) is 2.33. The molecule has 0 aromatic heterocycles. The van der Waals surface area contributed by atoms with Crippen LogP contribution in [0.1, 0.15) is 27.6 Å². The first kappa shape index (κ1) is 23.4. The number of nitro benzene ring substituents is 1. The Morgan fingerprint density at radius 1 is 1.06 bits per heavy atom. The number of anilines is 1. The van der Waals surface area contributed by atoms with Gasteiger partial charge < -0.3 is 14.8 Å². The molecule has 0 atom stereocenters. The van der Waals surface area contributed by atoms with Crippen LogP contribution >= 0.6 is 0 Å². The van der Waals surface area contributed by atoms with Gasteiger partial charge in [0.2, 0.25) is 10.0 Å². The van der Waals surface area contributed by atoms with E-state index in [9.17, 15) is 32.9 Å². The summed E-state index contributed by atoms with van der Waals surface area (Å²) in [5, 5.41) is 18.4. The molecule has 0 spiro atoms. The number of amides is 1. The summed E-state index contributed by atoms with van der Waals surface area (Å²) in [5.41, 5.74) is -1.01. The Morgan fingerprint density at radius 2 is 1.68 bits per heavy atom. The number of hydrogen-bond donors (Lipinski definition) is 2. The van der Waals surface area contributed by atoms with E-state index in [0.717, 1.165) is 24.3 Å². The molecule has 1 amide bonds. The van der Waals surface area contributed by atoms with Crippen LogP contribution in [0.2, 0.25) is 0 Å². The van der Waals surface area contributed by atoms with Gasteiger partial charge in [0.1, 0.15) is 0 Å². The van der Waals surface area contributed by atoms with Crippen LogP contribution in [0.4, 0.5) is 11.4 Å². The number of carbonyl (C=O) groups is 3. The van der Waals surface area contributed by atoms with Gasteiger partial charge in [0, 0.05) is 17.8 Å². The number of benzene rings is 2. The minimum Gasteiger partial charge on any atom is -0.462 e. The molecule has 0 saturated carbocycles. The third kappa shape index (κ3) is 6.58. The van der Waals surface area contributed by atoms with E-state index in [1.807, 2.05) is 0 Å². The number of carbonyl (C=O) groups excluding carboxylic acids is 3. The van der Waals surface area contributed by atoms with Crippen molar-refractivity contribution in [3.63, 3.8) is 0 Å². The summed E-state index contributed by atoms with van der Waals surface area (Å²) in [6, 6.07) is 7.96. The van der Waals surface area contributed by atoms with Crippen molar-refractivity contribution < 1.29 is 37.2 Å². The molecule has 0 fully saturated rings. The number of ether oxygens (including phenoxy) is 2. The highest BCUT2D eigenvalue weighted by Crippen LogP contribution is 2.19. The Balaban J connectivity index is 2.10. The molecule has 0 unspecified atom stereocenters. The summed E-state index contributed by atoms with van der Waals surface area (Å²) < 4.78 is 32.3. The van der Waals surface area contributed by atoms with E-state index < -0.39 is 45.1 Å². The van der Waals surface area contributed by atoms with E-state index in [1.54, 1.807) is 6.92 Å². The van der Waals surface area contributed by atoms with Gasteiger partial charge in [-0.25, -0.2) is 23.1 Å². The smallest absolute Gasteiger partial charge is 0.338 e. The Labute approximate surface area is 176 Å². The maximum absolute atomic E-state index is 12.2. The van der Waals surface area contributed by atoms with Crippen LogP contribution in [0.25, 0.3) is 0 Å². The molecule has 2 aromatic carbocycles. The predicted octanol–water partition coefficient (Wildman–Crippen LogP) is 1.21. The second-order valence-electron chi connectivity index (χ2n) is 5.94. The molecular weight excluding hydrogens is 434 g/mol. The first-order valence-electron chi connectivity index (χ1n) is 8.57. The number of rotatable bonds is 8. The monoisotopic (exact) mass is 451 g/mol. The van der Waals surface area contributed by atoms with E-state index in [4.69, 9.17) is 14.6 Å². The number of nitro groups is 1. The fourth-order valence-corrected chi connectivity index (χ4v) is 2.89. The Kier molecular flexibility index (Phi) is 7.39. The predicted molar refractivity (Wildman–Crippen MR) is 106 cm³/mol. The molecule has 31 heavy (non-hydrogen) atoms. The molecule has 0 saturated heterocycles. The quantitative estimate of drug-likeness (QED) is 0.338. The molecule has 2 aromatic rings. The lowest BCUT2D eigenvalue weighted by molar-refractivity contribution is -0.384. The molecule has 0 aliphatic rings. The number of hydrogen-bond acceptors (Lipinski definition) is 9. The molecule has 164 valence electrons. The van der Waals surface area contributed by atoms with Gasteiger partial charge in [0.15, 0.2) is 6.61 Å². The number of primary sulfonamides is 1. The average molecular weight is 451 g/mol. The normalized spacial score (nSPS) is 10.8. The highest BCUT2D eigenvalue weighted by atomic mass is 32.2. The molecular formula is C18H17N3O9S. The summed E-state index contributed by atoms with van der Waals surface area (Å²) >= 11 is 0. The van der Waals surface area contributed by atoms with Crippen LogP contribution in [0.15, 0.2) is 47.4 Å². The van der Waals surface area contributed by atoms with Crippen molar-refractivity contribution in [2.45, 2.75) is 11.8 Å². The van der Waals surface area contributed by atoms with Crippen molar-refractivity contribution in [3.8, 4) is 0 Å². The van der Waals surface area contributed by atoms with Crippen LogP contribution in [0.5, 0.6) is 0 Å². The molecule has 13 heteroatoms. The Bertz CT molecular complexity index is 1150. The molecule has 0 aliphatic carbocycles. The van der Waals surface area contributed by atoms with Crippen LogP contribution in [0.3, 0.4) is 0 Å². The number of sulfonamides is 1. The summed E-state index contributed by atoms with van der Waals surface area (Å²) in [6.07, 6.45) is 0. The molecule has 0 aliphatic heterocycles. The van der Waals surface area contributed by atoms with Gasteiger partial charge in [-0.3, -0.25) is 14.9 Å². The Morgan fingerprint density at radius 3 is 2.23 bits per heavy atom. The zero-order valence-corrected chi connectivity index (χ0v) is 16.9. The highest BCUT2D eigenvalue weighted by molar-refractivity contribution is 7.89. The second-order valence-corrected chi connectivity index (χ2v) is 7.50. The molecule has 2 rings (SSSR count). The SMILES string of the molecule is CCOC(=O)c1cc(C(=O)OCC(=O)Nc2cccc(S(N)(=O)=O)c2)cc([N+](=O)[O-])c1. The Hall–Kier alpha value is -3.84. The lowest BCUT2D eigenvalue weighted by Gasteiger charge is -2.08. The second kappa shape index (κ2) is 9.77. The molecule has 0 heterocycles. The fraction of sp³-hybridized carbons (Fsp3) is 0.167. The number of nitrogens with zero attached hydrogens (tertiary/aromatic N) is 1. The highest BCUT2D eigenvalue weighted by Gasteiger charge is 2.20. The van der Waals surface area contributed by atoms with E-state index >= 15 is 0 Å². The molecule has 0 bridgehead atoms. The number of non-ortho nitro benzene ring substituents is 1. The minimum absolute atomic E-state index is 0.0220. The van der Waals surface area contributed by atoms with Gasteiger partial charge in [0.25, 0.3) is 11.6 Å². The van der Waals surface area contributed by atoms with Crippen molar-refractivity contribution >= 4 is 39.2 Å². The van der Waals surface area contributed by atoms with Crippen LogP contribution in [-0.4, -0.2) is 44.4 Å². The van der Waals surface area contributed by atoms with Gasteiger partial charge in [-0.1, -0.05) is 6.07 Å². The zero-order valence-electron chi connectivity index (χ0n) is 16.1. The van der Waals surface area contributed by atoms with Gasteiger partial charge in [-0.05, 0) is 31.2 Å². The zero-order chi connectivity index (χ0) is 23.2. The third-order valence-electron chi connectivity index (χ3n) is 3.66. The van der Waals surface area contributed by atoms with Crippen LogP contribution in [-0.2, 0) is 24.3 Å². The van der Waals surface area contributed by atoms with E-state index in [1.165, 1.54) is 18.2 Å². The summed E-state index contributed by atoms with van der Waals surface area (Å²) in [5.74, 6) is -2.77. The summed E-state index contributed by atoms with van der Waals surface area (Å²) in [6.45, 7) is 0.783. The van der Waals surface area contributed by atoms with Crippen molar-refractivity contribution in [3.05, 3.63) is 63.7 Å². The van der Waals surface area contributed by atoms with Gasteiger partial charge in [-0.15, -0.1) is 0 Å². The van der Waals surface area contributed by atoms with Crippen molar-refractivity contribution in [2.24, 2.45) is 5.14 Å². The van der Waals surface area contributed by atoms with Gasteiger partial charge in [-0.2, -0.15) is 0 Å². The maximum atomic E-state index is 12.2. The van der Waals surface area contributed by atoms with Crippen molar-refractivity contribution in [1.29, 1.82) is 0 Å². The summed E-state index contributed by atoms with van der Waals surface area (Å²) in [7, 11) is -3.98. The van der Waals surface area contributed by atoms with E-state index in [0.29, 0.717) is 0 Å². The topological polar surface area (TPSA) is 185 Å². The molecule has 12 nitrogen and oxygen atoms in total. The minimum atomic E-state index is -3.98. The number of nitrogens with two attached hydrogens (primary N) is 1. The number of nitrogens with one attached hydrogen (secondary N) is 1. The first-order chi connectivity index (χ1) is 14.5. The number of esters is 2. The summed E-state index contributed by atoms with van der Waals surface area (Å²) in [4.78, 5) is 46.1. The first-order valence-corrected chi connectivity index (χ1v) is 10.1. The maximum Gasteiger partial charge on any atom is 0.338 e. The van der Waals surface area contributed by atoms with Gasteiger partial charge >= 0.3 is 11.9 Å². The third-order valence-corrected chi connectivity index (χ3v) is 4.57. The van der Waals surface area contributed by atoms with E-state index in [-0.39, 0.29) is 28.3 Å². The van der Waals surface area contributed by atoms with Crippen molar-refractivity contribution in [1.82, 2.24) is 0 Å². The van der Waals surface area contributed by atoms with E-state index in [2.05, 4.69) is 5.32 Å². The molecule has 3 N–H and O–H groups in total. The lowest BCUT2D eigenvalue weighted by atomic mass is 10.1. The van der Waals surface area contributed by atoms with Crippen LogP contribution in [0, 0.1) is 10.1 Å². The average Bonchev–Trinajstić information content (AvgIpc) is 2.71.